The lowest BCUT2D eigenvalue weighted by Crippen LogP contribution is -2.32. The molecule has 0 bridgehead atoms. The van der Waals surface area contributed by atoms with Gasteiger partial charge in [0.2, 0.25) is 0 Å². The zero-order valence-electron chi connectivity index (χ0n) is 10.6. The van der Waals surface area contributed by atoms with Crippen LogP contribution in [-0.2, 0) is 0 Å². The minimum atomic E-state index is 0.526. The Hall–Kier alpha value is -1.29. The summed E-state index contributed by atoms with van der Waals surface area (Å²) in [5.74, 6) is 0. The van der Waals surface area contributed by atoms with Gasteiger partial charge in [-0.05, 0) is 38.5 Å². The van der Waals surface area contributed by atoms with E-state index in [4.69, 9.17) is 5.73 Å². The van der Waals surface area contributed by atoms with Gasteiger partial charge in [-0.2, -0.15) is 0 Å². The van der Waals surface area contributed by atoms with Crippen LogP contribution in [0, 0.1) is 0 Å². The van der Waals surface area contributed by atoms with Gasteiger partial charge in [-0.15, -0.1) is 0 Å². The molecule has 1 atom stereocenters. The second-order valence-electron chi connectivity index (χ2n) is 4.27. The molecule has 2 aromatic rings. The highest BCUT2D eigenvalue weighted by Gasteiger charge is 2.15. The number of rotatable bonds is 4. The Morgan fingerprint density at radius 1 is 1.41 bits per heavy atom. The number of fused-ring (bicyclic) bond motifs is 1. The molecule has 4 heteroatoms. The summed E-state index contributed by atoms with van der Waals surface area (Å²) in [5.41, 5.74) is 7.64. The molecule has 0 aliphatic carbocycles. The summed E-state index contributed by atoms with van der Waals surface area (Å²) in [4.78, 5) is 7.03. The molecule has 1 unspecified atom stereocenters. The number of nitrogens with two attached hydrogens (primary N) is 1. The van der Waals surface area contributed by atoms with E-state index in [1.54, 1.807) is 11.3 Å². The predicted octanol–water partition coefficient (Wildman–Crippen LogP) is 3.50. The van der Waals surface area contributed by atoms with Crippen molar-refractivity contribution in [1.29, 1.82) is 0 Å². The minimum Gasteiger partial charge on any atom is -0.399 e. The van der Waals surface area contributed by atoms with Crippen LogP contribution in [-0.4, -0.2) is 17.6 Å². The van der Waals surface area contributed by atoms with Crippen molar-refractivity contribution in [2.45, 2.75) is 33.2 Å². The van der Waals surface area contributed by atoms with Crippen LogP contribution in [0.4, 0.5) is 10.8 Å². The molecule has 17 heavy (non-hydrogen) atoms. The van der Waals surface area contributed by atoms with Crippen molar-refractivity contribution < 1.29 is 0 Å². The van der Waals surface area contributed by atoms with Crippen molar-refractivity contribution in [2.75, 3.05) is 17.2 Å². The van der Waals surface area contributed by atoms with Crippen LogP contribution < -0.4 is 10.6 Å². The number of benzene rings is 1. The maximum Gasteiger partial charge on any atom is 0.186 e. The highest BCUT2D eigenvalue weighted by atomic mass is 32.1. The molecule has 0 saturated heterocycles. The molecule has 0 radical (unpaired) electrons. The van der Waals surface area contributed by atoms with Gasteiger partial charge in [0.25, 0.3) is 0 Å². The fraction of sp³-hybridized carbons (Fsp3) is 0.462. The first-order chi connectivity index (χ1) is 8.15. The van der Waals surface area contributed by atoms with E-state index in [1.165, 1.54) is 4.70 Å². The van der Waals surface area contributed by atoms with Gasteiger partial charge in [-0.3, -0.25) is 0 Å². The third kappa shape index (κ3) is 2.36. The molecule has 0 aliphatic rings. The normalized spacial score (nSPS) is 12.9. The maximum absolute atomic E-state index is 5.79. The molecule has 0 amide bonds. The molecule has 0 saturated carbocycles. The van der Waals surface area contributed by atoms with Crippen LogP contribution in [0.2, 0.25) is 0 Å². The summed E-state index contributed by atoms with van der Waals surface area (Å²) in [7, 11) is 0. The summed E-state index contributed by atoms with van der Waals surface area (Å²) < 4.78 is 1.17. The van der Waals surface area contributed by atoms with Gasteiger partial charge in [0.15, 0.2) is 5.13 Å². The second-order valence-corrected chi connectivity index (χ2v) is 5.28. The van der Waals surface area contributed by atoms with E-state index in [0.717, 1.165) is 29.3 Å². The van der Waals surface area contributed by atoms with Crippen LogP contribution in [0.5, 0.6) is 0 Å². The Kier molecular flexibility index (Phi) is 3.52. The standard InChI is InChI=1S/C13H19N3S/c1-4-9(3)16(5-2)13-15-11-7-6-10(14)8-12(11)17-13/h6-9H,4-5,14H2,1-3H3. The monoisotopic (exact) mass is 249 g/mol. The number of nitrogens with zero attached hydrogens (tertiary/aromatic N) is 2. The molecule has 0 aliphatic heterocycles. The lowest BCUT2D eigenvalue weighted by atomic mass is 10.2. The van der Waals surface area contributed by atoms with Gasteiger partial charge < -0.3 is 10.6 Å². The SMILES string of the molecule is CCC(C)N(CC)c1nc2ccc(N)cc2s1. The van der Waals surface area contributed by atoms with E-state index >= 15 is 0 Å². The van der Waals surface area contributed by atoms with E-state index in [-0.39, 0.29) is 0 Å². The molecule has 92 valence electrons. The Morgan fingerprint density at radius 2 is 2.18 bits per heavy atom. The maximum atomic E-state index is 5.79. The second kappa shape index (κ2) is 4.92. The lowest BCUT2D eigenvalue weighted by Gasteiger charge is -2.26. The number of nitrogen functional groups attached to an aromatic ring is 1. The van der Waals surface area contributed by atoms with Gasteiger partial charge in [-0.1, -0.05) is 18.3 Å². The van der Waals surface area contributed by atoms with Crippen molar-refractivity contribution in [3.8, 4) is 0 Å². The van der Waals surface area contributed by atoms with E-state index in [2.05, 4.69) is 30.7 Å². The molecule has 0 fully saturated rings. The summed E-state index contributed by atoms with van der Waals surface area (Å²) >= 11 is 1.72. The molecule has 1 aromatic heterocycles. The van der Waals surface area contributed by atoms with Crippen LogP contribution in [0.1, 0.15) is 27.2 Å². The predicted molar refractivity (Wildman–Crippen MR) is 76.8 cm³/mol. The van der Waals surface area contributed by atoms with E-state index in [0.29, 0.717) is 6.04 Å². The Balaban J connectivity index is 2.41. The Labute approximate surface area is 106 Å². The largest absolute Gasteiger partial charge is 0.399 e. The van der Waals surface area contributed by atoms with Gasteiger partial charge in [0, 0.05) is 18.3 Å². The van der Waals surface area contributed by atoms with Crippen LogP contribution in [0.3, 0.4) is 0 Å². The minimum absolute atomic E-state index is 0.526. The number of hydrogen-bond donors (Lipinski definition) is 1. The van der Waals surface area contributed by atoms with Crippen LogP contribution in [0.25, 0.3) is 10.2 Å². The summed E-state index contributed by atoms with van der Waals surface area (Å²) in [5, 5.41) is 1.10. The third-order valence-electron chi connectivity index (χ3n) is 3.11. The highest BCUT2D eigenvalue weighted by molar-refractivity contribution is 7.22. The van der Waals surface area contributed by atoms with E-state index < -0.39 is 0 Å². The number of anilines is 2. The quantitative estimate of drug-likeness (QED) is 0.843. The topological polar surface area (TPSA) is 42.2 Å². The first-order valence-corrected chi connectivity index (χ1v) is 6.90. The molecule has 3 nitrogen and oxygen atoms in total. The smallest absolute Gasteiger partial charge is 0.186 e. The van der Waals surface area contributed by atoms with Crippen molar-refractivity contribution in [1.82, 2.24) is 4.98 Å². The van der Waals surface area contributed by atoms with Crippen molar-refractivity contribution in [2.24, 2.45) is 0 Å². The van der Waals surface area contributed by atoms with Gasteiger partial charge in [0.05, 0.1) is 10.2 Å². The average molecular weight is 249 g/mol. The van der Waals surface area contributed by atoms with E-state index in [9.17, 15) is 0 Å². The molecular weight excluding hydrogens is 230 g/mol. The number of aromatic nitrogens is 1. The van der Waals surface area contributed by atoms with Crippen molar-refractivity contribution in [3.05, 3.63) is 18.2 Å². The molecular formula is C13H19N3S. The van der Waals surface area contributed by atoms with E-state index in [1.807, 2.05) is 18.2 Å². The molecule has 2 rings (SSSR count). The third-order valence-corrected chi connectivity index (χ3v) is 4.17. The summed E-state index contributed by atoms with van der Waals surface area (Å²) in [6.07, 6.45) is 1.13. The number of thiazole rings is 1. The van der Waals surface area contributed by atoms with Gasteiger partial charge >= 0.3 is 0 Å². The fourth-order valence-electron chi connectivity index (χ4n) is 1.91. The Bertz CT molecular complexity index is 506. The molecule has 0 spiro atoms. The summed E-state index contributed by atoms with van der Waals surface area (Å²) in [6.45, 7) is 7.61. The lowest BCUT2D eigenvalue weighted by molar-refractivity contribution is 0.629. The first-order valence-electron chi connectivity index (χ1n) is 6.08. The summed E-state index contributed by atoms with van der Waals surface area (Å²) in [6, 6.07) is 6.43. The zero-order valence-corrected chi connectivity index (χ0v) is 11.4. The highest BCUT2D eigenvalue weighted by Crippen LogP contribution is 2.31. The average Bonchev–Trinajstić information content (AvgIpc) is 2.72. The molecule has 1 heterocycles. The first kappa shape index (κ1) is 12.2. The van der Waals surface area contributed by atoms with Crippen LogP contribution >= 0.6 is 11.3 Å². The zero-order chi connectivity index (χ0) is 12.4. The molecule has 1 aromatic carbocycles. The molecule has 2 N–H and O–H groups in total. The van der Waals surface area contributed by atoms with Gasteiger partial charge in [-0.25, -0.2) is 4.98 Å². The number of hydrogen-bond acceptors (Lipinski definition) is 4. The fourth-order valence-corrected chi connectivity index (χ4v) is 3.09. The van der Waals surface area contributed by atoms with Gasteiger partial charge in [0.1, 0.15) is 0 Å². The van der Waals surface area contributed by atoms with Crippen molar-refractivity contribution in [3.63, 3.8) is 0 Å². The van der Waals surface area contributed by atoms with Crippen molar-refractivity contribution >= 4 is 32.4 Å². The van der Waals surface area contributed by atoms with Crippen LogP contribution in [0.15, 0.2) is 18.2 Å². The Morgan fingerprint density at radius 3 is 2.82 bits per heavy atom.